The average Bonchev–Trinajstić information content (AvgIpc) is 2.41. The summed E-state index contributed by atoms with van der Waals surface area (Å²) in [5.74, 6) is 0.841. The lowest BCUT2D eigenvalue weighted by atomic mass is 10.2. The van der Waals surface area contributed by atoms with Crippen LogP contribution in [0.1, 0.15) is 15.9 Å². The van der Waals surface area contributed by atoms with Gasteiger partial charge in [-0.1, -0.05) is 0 Å². The number of rotatable bonds is 4. The lowest BCUT2D eigenvalue weighted by molar-refractivity contribution is 0.0999. The van der Waals surface area contributed by atoms with Crippen LogP contribution in [0.5, 0.6) is 17.4 Å². The second kappa shape index (κ2) is 5.92. The molecule has 1 aromatic heterocycles. The third kappa shape index (κ3) is 3.27. The first-order chi connectivity index (χ1) is 9.49. The lowest BCUT2D eigenvalue weighted by Crippen LogP contribution is -2.11. The molecule has 0 aliphatic rings. The van der Waals surface area contributed by atoms with Crippen molar-refractivity contribution in [2.75, 3.05) is 7.11 Å². The number of nitrogens with two attached hydrogens (primary N) is 1. The number of aromatic nitrogens is 1. The summed E-state index contributed by atoms with van der Waals surface area (Å²) < 4.78 is 11.7. The van der Waals surface area contributed by atoms with Gasteiger partial charge in [0.05, 0.1) is 7.11 Å². The van der Waals surface area contributed by atoms with Gasteiger partial charge in [-0.2, -0.15) is 0 Å². The van der Waals surface area contributed by atoms with Crippen molar-refractivity contribution in [3.63, 3.8) is 0 Å². The fourth-order valence-electron chi connectivity index (χ4n) is 1.64. The van der Waals surface area contributed by atoms with Gasteiger partial charge in [-0.3, -0.25) is 4.79 Å². The molecule has 0 atom stereocenters. The first kappa shape index (κ1) is 14.3. The second-order valence-electron chi connectivity index (χ2n) is 4.14. The Bertz CT molecular complexity index is 659. The topological polar surface area (TPSA) is 74.4 Å². The van der Waals surface area contributed by atoms with Crippen LogP contribution in [0.15, 0.2) is 34.9 Å². The van der Waals surface area contributed by atoms with E-state index in [4.69, 9.17) is 15.2 Å². The van der Waals surface area contributed by atoms with E-state index in [2.05, 4.69) is 20.9 Å². The Kier molecular flexibility index (Phi) is 4.24. The Morgan fingerprint density at radius 1 is 1.25 bits per heavy atom. The van der Waals surface area contributed by atoms with Crippen LogP contribution in [0.2, 0.25) is 0 Å². The molecule has 1 aromatic carbocycles. The van der Waals surface area contributed by atoms with Crippen LogP contribution in [-0.4, -0.2) is 18.0 Å². The van der Waals surface area contributed by atoms with Crippen LogP contribution in [0, 0.1) is 6.92 Å². The number of carbonyl (C=O) groups excluding carboxylic acids is 1. The molecular formula is C14H13BrN2O3. The number of halogens is 1. The maximum Gasteiger partial charge on any atom is 0.248 e. The Hall–Kier alpha value is -2.08. The van der Waals surface area contributed by atoms with E-state index in [1.807, 2.05) is 13.0 Å². The van der Waals surface area contributed by atoms with Gasteiger partial charge in [0.15, 0.2) is 0 Å². The predicted octanol–water partition coefficient (Wildman–Crippen LogP) is 3.05. The van der Waals surface area contributed by atoms with Crippen molar-refractivity contribution in [1.82, 2.24) is 4.98 Å². The normalized spacial score (nSPS) is 10.2. The smallest absolute Gasteiger partial charge is 0.248 e. The van der Waals surface area contributed by atoms with E-state index in [0.717, 1.165) is 10.0 Å². The second-order valence-corrected chi connectivity index (χ2v) is 5.05. The number of hydrogen-bond acceptors (Lipinski definition) is 4. The number of primary amides is 1. The van der Waals surface area contributed by atoms with E-state index in [1.165, 1.54) is 7.11 Å². The van der Waals surface area contributed by atoms with Crippen molar-refractivity contribution in [1.29, 1.82) is 0 Å². The van der Waals surface area contributed by atoms with Crippen molar-refractivity contribution in [2.24, 2.45) is 5.73 Å². The lowest BCUT2D eigenvalue weighted by Gasteiger charge is -2.10. The molecule has 0 fully saturated rings. The number of hydrogen-bond donors (Lipinski definition) is 1. The molecule has 0 saturated carbocycles. The molecule has 0 unspecified atom stereocenters. The Morgan fingerprint density at radius 2 is 1.95 bits per heavy atom. The average molecular weight is 337 g/mol. The number of ether oxygens (including phenoxy) is 2. The Labute approximate surface area is 124 Å². The van der Waals surface area contributed by atoms with Gasteiger partial charge in [0.25, 0.3) is 0 Å². The number of aryl methyl sites for hydroxylation is 1. The zero-order chi connectivity index (χ0) is 14.7. The summed E-state index contributed by atoms with van der Waals surface area (Å²) in [5.41, 5.74) is 6.46. The fraction of sp³-hybridized carbons (Fsp3) is 0.143. The highest BCUT2D eigenvalue weighted by molar-refractivity contribution is 9.10. The number of carbonyl (C=O) groups is 1. The highest BCUT2D eigenvalue weighted by Gasteiger charge is 2.09. The molecule has 0 bridgehead atoms. The van der Waals surface area contributed by atoms with Gasteiger partial charge in [-0.15, -0.1) is 0 Å². The third-order valence-corrected chi connectivity index (χ3v) is 3.05. The minimum atomic E-state index is -0.547. The van der Waals surface area contributed by atoms with E-state index in [1.54, 1.807) is 24.4 Å². The molecule has 0 aliphatic carbocycles. The molecule has 0 aliphatic heterocycles. The largest absolute Gasteiger partial charge is 0.497 e. The van der Waals surface area contributed by atoms with Crippen LogP contribution in [0.4, 0.5) is 0 Å². The van der Waals surface area contributed by atoms with Crippen LogP contribution in [0.25, 0.3) is 0 Å². The Balaban J connectivity index is 2.37. The van der Waals surface area contributed by atoms with Crippen molar-refractivity contribution < 1.29 is 14.3 Å². The zero-order valence-corrected chi connectivity index (χ0v) is 12.6. The summed E-state index contributed by atoms with van der Waals surface area (Å²) in [7, 11) is 1.51. The maximum atomic E-state index is 11.3. The fourth-order valence-corrected chi connectivity index (χ4v) is 2.08. The summed E-state index contributed by atoms with van der Waals surface area (Å²) in [4.78, 5) is 15.5. The maximum absolute atomic E-state index is 11.3. The van der Waals surface area contributed by atoms with Crippen molar-refractivity contribution in [3.8, 4) is 17.4 Å². The number of pyridine rings is 1. The molecule has 1 amide bonds. The van der Waals surface area contributed by atoms with Crippen LogP contribution >= 0.6 is 15.9 Å². The highest BCUT2D eigenvalue weighted by Crippen LogP contribution is 2.28. The SMILES string of the molecule is COc1cc(Oc2ncc(Br)cc2C)cc(C(N)=O)c1. The van der Waals surface area contributed by atoms with Crippen molar-refractivity contribution >= 4 is 21.8 Å². The van der Waals surface area contributed by atoms with Gasteiger partial charge in [-0.25, -0.2) is 4.98 Å². The van der Waals surface area contributed by atoms with Gasteiger partial charge in [0.2, 0.25) is 11.8 Å². The molecule has 2 N–H and O–H groups in total. The molecule has 1 heterocycles. The highest BCUT2D eigenvalue weighted by atomic mass is 79.9. The zero-order valence-electron chi connectivity index (χ0n) is 11.0. The number of methoxy groups -OCH3 is 1. The van der Waals surface area contributed by atoms with E-state index in [-0.39, 0.29) is 0 Å². The van der Waals surface area contributed by atoms with E-state index < -0.39 is 5.91 Å². The summed E-state index contributed by atoms with van der Waals surface area (Å²) in [6.07, 6.45) is 1.64. The van der Waals surface area contributed by atoms with Crippen molar-refractivity contribution in [2.45, 2.75) is 6.92 Å². The predicted molar refractivity (Wildman–Crippen MR) is 78.3 cm³/mol. The van der Waals surface area contributed by atoms with Gasteiger partial charge in [-0.05, 0) is 41.1 Å². The third-order valence-electron chi connectivity index (χ3n) is 2.61. The summed E-state index contributed by atoms with van der Waals surface area (Å²) in [5, 5.41) is 0. The minimum absolute atomic E-state index is 0.314. The van der Waals surface area contributed by atoms with Gasteiger partial charge in [0.1, 0.15) is 11.5 Å². The monoisotopic (exact) mass is 336 g/mol. The number of amides is 1. The first-order valence-corrected chi connectivity index (χ1v) is 6.58. The summed E-state index contributed by atoms with van der Waals surface area (Å²) in [6.45, 7) is 1.88. The van der Waals surface area contributed by atoms with Crippen LogP contribution < -0.4 is 15.2 Å². The minimum Gasteiger partial charge on any atom is -0.497 e. The molecule has 0 spiro atoms. The molecule has 20 heavy (non-hydrogen) atoms. The first-order valence-electron chi connectivity index (χ1n) is 5.78. The molecular weight excluding hydrogens is 324 g/mol. The van der Waals surface area contributed by atoms with Gasteiger partial charge < -0.3 is 15.2 Å². The molecule has 6 heteroatoms. The number of benzene rings is 1. The molecule has 5 nitrogen and oxygen atoms in total. The molecule has 2 rings (SSSR count). The quantitative estimate of drug-likeness (QED) is 0.930. The molecule has 2 aromatic rings. The number of nitrogens with zero attached hydrogens (tertiary/aromatic N) is 1. The summed E-state index contributed by atoms with van der Waals surface area (Å²) in [6, 6.07) is 6.65. The van der Waals surface area contributed by atoms with Crippen molar-refractivity contribution in [3.05, 3.63) is 46.1 Å². The Morgan fingerprint density at radius 3 is 2.55 bits per heavy atom. The van der Waals surface area contributed by atoms with Gasteiger partial charge in [0, 0.05) is 27.9 Å². The molecule has 104 valence electrons. The molecule has 0 radical (unpaired) electrons. The van der Waals surface area contributed by atoms with E-state index in [9.17, 15) is 4.79 Å². The van der Waals surface area contributed by atoms with Crippen LogP contribution in [0.3, 0.4) is 0 Å². The van der Waals surface area contributed by atoms with E-state index >= 15 is 0 Å². The summed E-state index contributed by atoms with van der Waals surface area (Å²) >= 11 is 3.34. The standard InChI is InChI=1S/C14H13BrN2O3/c1-8-3-10(15)7-17-14(8)20-12-5-9(13(16)18)4-11(6-12)19-2/h3-7H,1-2H3,(H2,16,18). The molecule has 0 saturated heterocycles. The van der Waals surface area contributed by atoms with Gasteiger partial charge >= 0.3 is 0 Å². The van der Waals surface area contributed by atoms with Crippen LogP contribution in [-0.2, 0) is 0 Å². The van der Waals surface area contributed by atoms with E-state index in [0.29, 0.717) is 22.9 Å².